The van der Waals surface area contributed by atoms with E-state index in [0.29, 0.717) is 12.2 Å². The van der Waals surface area contributed by atoms with Gasteiger partial charge in [-0.25, -0.2) is 0 Å². The second-order valence-electron chi connectivity index (χ2n) is 4.55. The van der Waals surface area contributed by atoms with Crippen molar-refractivity contribution in [2.45, 2.75) is 6.42 Å². The van der Waals surface area contributed by atoms with Crippen LogP contribution in [0.5, 0.6) is 0 Å². The molecule has 0 atom stereocenters. The van der Waals surface area contributed by atoms with Gasteiger partial charge in [-0.3, -0.25) is 9.69 Å². The highest BCUT2D eigenvalue weighted by Crippen LogP contribution is 2.10. The van der Waals surface area contributed by atoms with E-state index in [0.717, 1.165) is 38.3 Å². The molecule has 1 aliphatic heterocycles. The normalized spacial score (nSPS) is 17.1. The second kappa shape index (κ2) is 6.37. The molecule has 0 spiro atoms. The summed E-state index contributed by atoms with van der Waals surface area (Å²) in [5.74, 6) is 0.0293. The van der Waals surface area contributed by atoms with Crippen LogP contribution in [0.25, 0.3) is 0 Å². The molecular weight excluding hydrogens is 228 g/mol. The average Bonchev–Trinajstić information content (AvgIpc) is 2.61. The Hall–Kier alpha value is -1.59. The van der Waals surface area contributed by atoms with Gasteiger partial charge in [0.2, 0.25) is 5.91 Å². The summed E-state index contributed by atoms with van der Waals surface area (Å²) in [6.45, 7) is 4.34. The van der Waals surface area contributed by atoms with Gasteiger partial charge in [-0.05, 0) is 43.8 Å². The fraction of sp³-hybridized carbons (Fsp3) is 0.462. The first-order valence-electron chi connectivity index (χ1n) is 6.32. The summed E-state index contributed by atoms with van der Waals surface area (Å²) < 4.78 is 0. The number of hydrogen-bond acceptors (Lipinski definition) is 4. The number of hydrogen-bond donors (Lipinski definition) is 3. The summed E-state index contributed by atoms with van der Waals surface area (Å²) in [6.07, 6.45) is 1.09. The number of nitrogens with two attached hydrogens (primary N) is 1. The number of carbonyl (C=O) groups excluding carboxylic acids is 1. The fourth-order valence-electron chi connectivity index (χ4n) is 2.03. The van der Waals surface area contributed by atoms with Crippen LogP contribution < -0.4 is 16.4 Å². The Bertz CT molecular complexity index is 382. The molecule has 1 aromatic carbocycles. The largest absolute Gasteiger partial charge is 0.399 e. The highest BCUT2D eigenvalue weighted by molar-refractivity contribution is 5.92. The summed E-state index contributed by atoms with van der Waals surface area (Å²) in [7, 11) is 0. The molecule has 1 aliphatic rings. The highest BCUT2D eigenvalue weighted by atomic mass is 16.2. The molecule has 0 radical (unpaired) electrons. The van der Waals surface area contributed by atoms with Crippen LogP contribution in [0.2, 0.25) is 0 Å². The molecule has 5 nitrogen and oxygen atoms in total. The van der Waals surface area contributed by atoms with Crippen LogP contribution in [-0.2, 0) is 4.79 Å². The lowest BCUT2D eigenvalue weighted by Crippen LogP contribution is -2.35. The van der Waals surface area contributed by atoms with Crippen molar-refractivity contribution in [3.63, 3.8) is 0 Å². The molecule has 4 N–H and O–H groups in total. The lowest BCUT2D eigenvalue weighted by molar-refractivity contribution is -0.117. The Morgan fingerprint density at radius 1 is 1.28 bits per heavy atom. The van der Waals surface area contributed by atoms with Gasteiger partial charge >= 0.3 is 0 Å². The Morgan fingerprint density at radius 2 is 2.06 bits per heavy atom. The zero-order chi connectivity index (χ0) is 12.8. The summed E-state index contributed by atoms with van der Waals surface area (Å²) in [5, 5.41) is 6.20. The van der Waals surface area contributed by atoms with Crippen LogP contribution >= 0.6 is 0 Å². The minimum absolute atomic E-state index is 0.0293. The van der Waals surface area contributed by atoms with E-state index in [1.54, 1.807) is 12.1 Å². The lowest BCUT2D eigenvalue weighted by Gasteiger charge is -2.18. The third-order valence-electron chi connectivity index (χ3n) is 2.99. The standard InChI is InChI=1S/C13H20N4O/c14-11-2-4-12(5-3-11)16-13(18)10-17-8-1-6-15-7-9-17/h2-5,15H,1,6-10,14H2,(H,16,18). The van der Waals surface area contributed by atoms with Gasteiger partial charge in [-0.15, -0.1) is 0 Å². The van der Waals surface area contributed by atoms with Crippen LogP contribution in [0.15, 0.2) is 24.3 Å². The van der Waals surface area contributed by atoms with Gasteiger partial charge in [0.05, 0.1) is 6.54 Å². The fourth-order valence-corrected chi connectivity index (χ4v) is 2.03. The Kier molecular flexibility index (Phi) is 4.55. The molecule has 1 saturated heterocycles. The molecule has 1 heterocycles. The van der Waals surface area contributed by atoms with Crippen molar-refractivity contribution in [1.82, 2.24) is 10.2 Å². The van der Waals surface area contributed by atoms with Gasteiger partial charge in [-0.1, -0.05) is 0 Å². The monoisotopic (exact) mass is 248 g/mol. The molecule has 0 unspecified atom stereocenters. The quantitative estimate of drug-likeness (QED) is 0.681. The molecule has 1 fully saturated rings. The first kappa shape index (κ1) is 12.9. The predicted molar refractivity (Wildman–Crippen MR) is 73.4 cm³/mol. The maximum absolute atomic E-state index is 11.9. The smallest absolute Gasteiger partial charge is 0.238 e. The van der Waals surface area contributed by atoms with E-state index < -0.39 is 0 Å². The lowest BCUT2D eigenvalue weighted by atomic mass is 10.3. The topological polar surface area (TPSA) is 70.4 Å². The van der Waals surface area contributed by atoms with E-state index in [4.69, 9.17) is 5.73 Å². The average molecular weight is 248 g/mol. The Labute approximate surface area is 107 Å². The first-order chi connectivity index (χ1) is 8.74. The van der Waals surface area contributed by atoms with Crippen LogP contribution in [0.3, 0.4) is 0 Å². The van der Waals surface area contributed by atoms with E-state index in [2.05, 4.69) is 15.5 Å². The van der Waals surface area contributed by atoms with Crippen molar-refractivity contribution in [3.8, 4) is 0 Å². The number of nitrogen functional groups attached to an aromatic ring is 1. The van der Waals surface area contributed by atoms with Crippen LogP contribution in [-0.4, -0.2) is 43.5 Å². The van der Waals surface area contributed by atoms with Gasteiger partial charge in [0.1, 0.15) is 0 Å². The van der Waals surface area contributed by atoms with Crippen LogP contribution in [0.4, 0.5) is 11.4 Å². The summed E-state index contributed by atoms with van der Waals surface area (Å²) >= 11 is 0. The van der Waals surface area contributed by atoms with Crippen molar-refractivity contribution in [3.05, 3.63) is 24.3 Å². The second-order valence-corrected chi connectivity index (χ2v) is 4.55. The van der Waals surface area contributed by atoms with Gasteiger partial charge in [-0.2, -0.15) is 0 Å². The number of amides is 1. The first-order valence-corrected chi connectivity index (χ1v) is 6.32. The zero-order valence-corrected chi connectivity index (χ0v) is 10.5. The van der Waals surface area contributed by atoms with Crippen LogP contribution in [0, 0.1) is 0 Å². The van der Waals surface area contributed by atoms with Crippen molar-refractivity contribution < 1.29 is 4.79 Å². The highest BCUT2D eigenvalue weighted by Gasteiger charge is 2.12. The third kappa shape index (κ3) is 4.01. The molecule has 1 amide bonds. The molecule has 5 heteroatoms. The zero-order valence-electron chi connectivity index (χ0n) is 10.5. The van der Waals surface area contributed by atoms with Crippen molar-refractivity contribution in [2.75, 3.05) is 43.8 Å². The van der Waals surface area contributed by atoms with Gasteiger partial charge in [0.15, 0.2) is 0 Å². The molecule has 18 heavy (non-hydrogen) atoms. The molecule has 0 bridgehead atoms. The molecule has 1 aromatic rings. The van der Waals surface area contributed by atoms with Crippen molar-refractivity contribution >= 4 is 17.3 Å². The number of rotatable bonds is 3. The van der Waals surface area contributed by atoms with Gasteiger partial charge in [0.25, 0.3) is 0 Å². The van der Waals surface area contributed by atoms with Crippen molar-refractivity contribution in [2.24, 2.45) is 0 Å². The molecule has 2 rings (SSSR count). The molecule has 0 saturated carbocycles. The Morgan fingerprint density at radius 3 is 2.83 bits per heavy atom. The van der Waals surface area contributed by atoms with Gasteiger partial charge in [0, 0.05) is 24.5 Å². The van der Waals surface area contributed by atoms with Gasteiger partial charge < -0.3 is 16.4 Å². The maximum Gasteiger partial charge on any atom is 0.238 e. The summed E-state index contributed by atoms with van der Waals surface area (Å²) in [4.78, 5) is 14.0. The molecular formula is C13H20N4O. The molecule has 0 aromatic heterocycles. The number of benzene rings is 1. The van der Waals surface area contributed by atoms with Crippen LogP contribution in [0.1, 0.15) is 6.42 Å². The minimum atomic E-state index is 0.0293. The van der Waals surface area contributed by atoms with E-state index in [9.17, 15) is 4.79 Å². The third-order valence-corrected chi connectivity index (χ3v) is 2.99. The maximum atomic E-state index is 11.9. The summed E-state index contributed by atoms with van der Waals surface area (Å²) in [6, 6.07) is 7.20. The van der Waals surface area contributed by atoms with E-state index >= 15 is 0 Å². The molecule has 98 valence electrons. The van der Waals surface area contributed by atoms with E-state index in [1.165, 1.54) is 0 Å². The Balaban J connectivity index is 1.82. The van der Waals surface area contributed by atoms with Crippen molar-refractivity contribution in [1.29, 1.82) is 0 Å². The number of nitrogens with zero attached hydrogens (tertiary/aromatic N) is 1. The summed E-state index contributed by atoms with van der Waals surface area (Å²) in [5.41, 5.74) is 7.09. The number of nitrogens with one attached hydrogen (secondary N) is 2. The number of carbonyl (C=O) groups is 1. The minimum Gasteiger partial charge on any atom is -0.399 e. The number of anilines is 2. The van der Waals surface area contributed by atoms with E-state index in [1.807, 2.05) is 12.1 Å². The predicted octanol–water partition coefficient (Wildman–Crippen LogP) is 0.503. The SMILES string of the molecule is Nc1ccc(NC(=O)CN2CCCNCC2)cc1. The molecule has 0 aliphatic carbocycles. The van der Waals surface area contributed by atoms with E-state index in [-0.39, 0.29) is 5.91 Å².